The van der Waals surface area contributed by atoms with Crippen LogP contribution in [0.3, 0.4) is 0 Å². The highest BCUT2D eigenvalue weighted by Gasteiger charge is 2.48. The first kappa shape index (κ1) is 14.1. The van der Waals surface area contributed by atoms with Crippen LogP contribution in [-0.2, 0) is 9.59 Å². The number of fused-ring (bicyclic) bond motifs is 3. The molecule has 6 nitrogen and oxygen atoms in total. The Labute approximate surface area is 133 Å². The van der Waals surface area contributed by atoms with Crippen LogP contribution in [0.1, 0.15) is 6.42 Å². The van der Waals surface area contributed by atoms with Crippen LogP contribution in [0.4, 0.5) is 5.69 Å². The molecule has 1 amide bonds. The van der Waals surface area contributed by atoms with Crippen molar-refractivity contribution in [2.24, 2.45) is 23.7 Å². The zero-order valence-corrected chi connectivity index (χ0v) is 12.4. The van der Waals surface area contributed by atoms with Crippen LogP contribution in [0.15, 0.2) is 30.4 Å². The van der Waals surface area contributed by atoms with Crippen LogP contribution >= 0.6 is 0 Å². The van der Waals surface area contributed by atoms with E-state index in [9.17, 15) is 14.7 Å². The number of carbonyl (C=O) groups is 2. The van der Waals surface area contributed by atoms with E-state index in [0.29, 0.717) is 36.8 Å². The van der Waals surface area contributed by atoms with Crippen LogP contribution in [0.2, 0.25) is 0 Å². The molecule has 6 heteroatoms. The second-order valence-electron chi connectivity index (χ2n) is 6.17. The van der Waals surface area contributed by atoms with Gasteiger partial charge in [0.05, 0.1) is 5.92 Å². The number of amides is 1. The molecule has 1 aromatic carbocycles. The van der Waals surface area contributed by atoms with E-state index in [2.05, 4.69) is 5.32 Å². The Morgan fingerprint density at radius 2 is 1.74 bits per heavy atom. The Hall–Kier alpha value is -2.50. The van der Waals surface area contributed by atoms with Crippen molar-refractivity contribution >= 4 is 17.6 Å². The molecule has 3 aliphatic rings. The van der Waals surface area contributed by atoms with Crippen molar-refractivity contribution in [1.82, 2.24) is 0 Å². The summed E-state index contributed by atoms with van der Waals surface area (Å²) in [6.45, 7) is 0.970. The molecule has 1 aliphatic heterocycles. The second-order valence-corrected chi connectivity index (χ2v) is 6.17. The minimum Gasteiger partial charge on any atom is -0.550 e. The Balaban J connectivity index is 1.54. The van der Waals surface area contributed by atoms with E-state index >= 15 is 0 Å². The smallest absolute Gasteiger partial charge is 0.228 e. The van der Waals surface area contributed by atoms with Crippen molar-refractivity contribution in [3.63, 3.8) is 0 Å². The fraction of sp³-hybridized carbons (Fsp3) is 0.412. The zero-order valence-electron chi connectivity index (χ0n) is 12.4. The Kier molecular flexibility index (Phi) is 3.25. The largest absolute Gasteiger partial charge is 0.550 e. The standard InChI is InChI=1S/C17H17NO5/c19-16(14-9-1-2-10(7-9)15(14)17(20)21)18-11-3-4-12-13(8-11)23-6-5-22-12/h1-4,8-10,14-15H,5-7H2,(H,18,19)(H,20,21)/p-1/t9-,10+,14-,15+/m1/s1. The van der Waals surface area contributed by atoms with Gasteiger partial charge < -0.3 is 24.7 Å². The summed E-state index contributed by atoms with van der Waals surface area (Å²) in [5, 5.41) is 14.2. The number of allylic oxidation sites excluding steroid dienone is 2. The molecule has 120 valence electrons. The lowest BCUT2D eigenvalue weighted by atomic mass is 9.82. The molecule has 2 bridgehead atoms. The Morgan fingerprint density at radius 3 is 2.48 bits per heavy atom. The zero-order chi connectivity index (χ0) is 16.0. The summed E-state index contributed by atoms with van der Waals surface area (Å²) in [5.74, 6) is -1.66. The van der Waals surface area contributed by atoms with E-state index in [1.54, 1.807) is 18.2 Å². The molecule has 1 aromatic rings. The van der Waals surface area contributed by atoms with Crippen molar-refractivity contribution in [1.29, 1.82) is 0 Å². The van der Waals surface area contributed by atoms with Gasteiger partial charge in [0.15, 0.2) is 11.5 Å². The van der Waals surface area contributed by atoms with Gasteiger partial charge in [-0.25, -0.2) is 0 Å². The monoisotopic (exact) mass is 314 g/mol. The van der Waals surface area contributed by atoms with Crippen molar-refractivity contribution in [3.05, 3.63) is 30.4 Å². The molecule has 0 saturated heterocycles. The number of aliphatic carboxylic acids is 1. The molecule has 23 heavy (non-hydrogen) atoms. The minimum atomic E-state index is -1.15. The summed E-state index contributed by atoms with van der Waals surface area (Å²) < 4.78 is 10.9. The maximum atomic E-state index is 12.6. The van der Waals surface area contributed by atoms with E-state index in [1.807, 2.05) is 12.2 Å². The van der Waals surface area contributed by atoms with E-state index in [0.717, 1.165) is 0 Å². The summed E-state index contributed by atoms with van der Waals surface area (Å²) in [7, 11) is 0. The van der Waals surface area contributed by atoms with Gasteiger partial charge in [-0.05, 0) is 30.4 Å². The third-order valence-electron chi connectivity index (χ3n) is 4.84. The van der Waals surface area contributed by atoms with E-state index in [-0.39, 0.29) is 17.7 Å². The van der Waals surface area contributed by atoms with Crippen LogP contribution in [-0.4, -0.2) is 25.1 Å². The number of carboxylic acids is 1. The molecule has 2 aliphatic carbocycles. The molecule has 0 unspecified atom stereocenters. The molecule has 4 atom stereocenters. The predicted molar refractivity (Wildman–Crippen MR) is 78.8 cm³/mol. The molecule has 1 heterocycles. The maximum Gasteiger partial charge on any atom is 0.228 e. The van der Waals surface area contributed by atoms with Crippen molar-refractivity contribution in [2.75, 3.05) is 18.5 Å². The first-order chi connectivity index (χ1) is 11.1. The SMILES string of the molecule is O=C([O-])[C@@H]1[C@H](C(=O)Nc2ccc3c(c2)OCCO3)[C@@H]2C=C[C@H]1C2. The lowest BCUT2D eigenvalue weighted by Crippen LogP contribution is -2.42. The minimum absolute atomic E-state index is 0.0277. The van der Waals surface area contributed by atoms with Gasteiger partial charge in [0, 0.05) is 23.6 Å². The van der Waals surface area contributed by atoms with Crippen molar-refractivity contribution < 1.29 is 24.2 Å². The summed E-state index contributed by atoms with van der Waals surface area (Å²) in [4.78, 5) is 24.0. The maximum absolute atomic E-state index is 12.6. The van der Waals surface area contributed by atoms with Gasteiger partial charge in [-0.3, -0.25) is 4.79 Å². The first-order valence-electron chi connectivity index (χ1n) is 7.73. The number of benzene rings is 1. The lowest BCUT2D eigenvalue weighted by Gasteiger charge is -2.28. The van der Waals surface area contributed by atoms with Crippen LogP contribution in [0, 0.1) is 23.7 Å². The number of carbonyl (C=O) groups excluding carboxylic acids is 2. The van der Waals surface area contributed by atoms with Crippen LogP contribution < -0.4 is 19.9 Å². The van der Waals surface area contributed by atoms with Gasteiger partial charge in [-0.1, -0.05) is 12.2 Å². The third kappa shape index (κ3) is 2.34. The van der Waals surface area contributed by atoms with Crippen molar-refractivity contribution in [2.45, 2.75) is 6.42 Å². The number of nitrogens with one attached hydrogen (secondary N) is 1. The van der Waals surface area contributed by atoms with Gasteiger partial charge in [0.25, 0.3) is 0 Å². The average Bonchev–Trinajstić information content (AvgIpc) is 3.15. The van der Waals surface area contributed by atoms with Crippen molar-refractivity contribution in [3.8, 4) is 11.5 Å². The molecule has 0 aromatic heterocycles. The second kappa shape index (κ2) is 5.30. The summed E-state index contributed by atoms with van der Waals surface area (Å²) in [6, 6.07) is 5.16. The molecule has 0 radical (unpaired) electrons. The van der Waals surface area contributed by atoms with E-state index in [1.165, 1.54) is 0 Å². The molecule has 1 fully saturated rings. The van der Waals surface area contributed by atoms with Gasteiger partial charge in [-0.2, -0.15) is 0 Å². The first-order valence-corrected chi connectivity index (χ1v) is 7.73. The molecule has 1 saturated carbocycles. The number of anilines is 1. The van der Waals surface area contributed by atoms with Crippen LogP contribution in [0.5, 0.6) is 11.5 Å². The summed E-state index contributed by atoms with van der Waals surface area (Å²) in [6.07, 6.45) is 4.54. The highest BCUT2D eigenvalue weighted by molar-refractivity contribution is 5.96. The highest BCUT2D eigenvalue weighted by atomic mass is 16.6. The summed E-state index contributed by atoms with van der Waals surface area (Å²) in [5.41, 5.74) is 0.572. The molecular weight excluding hydrogens is 298 g/mol. The fourth-order valence-electron chi connectivity index (χ4n) is 3.85. The van der Waals surface area contributed by atoms with E-state index < -0.39 is 17.8 Å². The molecule has 4 rings (SSSR count). The lowest BCUT2D eigenvalue weighted by molar-refractivity contribution is -0.313. The normalized spacial score (nSPS) is 30.3. The van der Waals surface area contributed by atoms with E-state index in [4.69, 9.17) is 9.47 Å². The third-order valence-corrected chi connectivity index (χ3v) is 4.84. The Bertz CT molecular complexity index is 698. The van der Waals surface area contributed by atoms with Gasteiger partial charge in [0.2, 0.25) is 5.91 Å². The van der Waals surface area contributed by atoms with Gasteiger partial charge >= 0.3 is 0 Å². The predicted octanol–water partition coefficient (Wildman–Crippen LogP) is 0.584. The average molecular weight is 314 g/mol. The molecule has 1 N–H and O–H groups in total. The molecular formula is C17H16NO5-. The number of hydrogen-bond acceptors (Lipinski definition) is 5. The topological polar surface area (TPSA) is 87.7 Å². The number of rotatable bonds is 3. The number of ether oxygens (including phenoxy) is 2. The summed E-state index contributed by atoms with van der Waals surface area (Å²) >= 11 is 0. The van der Waals surface area contributed by atoms with Gasteiger partial charge in [-0.15, -0.1) is 0 Å². The fourth-order valence-corrected chi connectivity index (χ4v) is 3.85. The number of carboxylic acid groups (broad SMARTS) is 1. The van der Waals surface area contributed by atoms with Gasteiger partial charge in [0.1, 0.15) is 13.2 Å². The van der Waals surface area contributed by atoms with Crippen LogP contribution in [0.25, 0.3) is 0 Å². The number of hydrogen-bond donors (Lipinski definition) is 1. The quantitative estimate of drug-likeness (QED) is 0.825. The Morgan fingerprint density at radius 1 is 1.04 bits per heavy atom. The molecule has 0 spiro atoms. The highest BCUT2D eigenvalue weighted by Crippen LogP contribution is 2.48.